The normalized spacial score (nSPS) is 12.9. The summed E-state index contributed by atoms with van der Waals surface area (Å²) in [5, 5.41) is 11.8. The van der Waals surface area contributed by atoms with Crippen LogP contribution in [-0.4, -0.2) is 82.3 Å². The minimum absolute atomic E-state index is 0.151. The first-order valence-electron chi connectivity index (χ1n) is 38.8. The van der Waals surface area contributed by atoms with Crippen molar-refractivity contribution in [2.75, 3.05) is 47.5 Å². The summed E-state index contributed by atoms with van der Waals surface area (Å²) >= 11 is 0. The number of carboxylic acids is 1. The number of likely N-dealkylation sites (N-methyl/N-ethyl adjacent to an activating group) is 1. The first-order chi connectivity index (χ1) is 43.6. The molecule has 0 rings (SSSR count). The summed E-state index contributed by atoms with van der Waals surface area (Å²) in [5.74, 6) is -2.25. The maximum absolute atomic E-state index is 13.0. The van der Waals surface area contributed by atoms with Crippen molar-refractivity contribution in [3.05, 3.63) is 48.6 Å². The van der Waals surface area contributed by atoms with Gasteiger partial charge in [-0.15, -0.1) is 0 Å². The molecule has 0 aromatic heterocycles. The average molecular weight is 1250 g/mol. The predicted molar refractivity (Wildman–Crippen MR) is 380 cm³/mol. The minimum atomic E-state index is -1.62. The number of nitrogens with zero attached hydrogens (tertiary/aromatic N) is 1. The third-order valence-corrected chi connectivity index (χ3v) is 17.6. The van der Waals surface area contributed by atoms with Crippen LogP contribution in [0.1, 0.15) is 386 Å². The Kier molecular flexibility index (Phi) is 68.9. The molecular weight excluding hydrogens is 1100 g/mol. The molecule has 0 aromatic carbocycles. The zero-order valence-electron chi connectivity index (χ0n) is 59.8. The molecule has 522 valence electrons. The maximum atomic E-state index is 13.0. The summed E-state index contributed by atoms with van der Waals surface area (Å²) < 4.78 is 22.9. The van der Waals surface area contributed by atoms with Gasteiger partial charge in [0, 0.05) is 12.8 Å². The van der Waals surface area contributed by atoms with Gasteiger partial charge in [0.1, 0.15) is 13.2 Å². The van der Waals surface area contributed by atoms with Crippen molar-refractivity contribution in [2.45, 2.75) is 399 Å². The van der Waals surface area contributed by atoms with E-state index in [1.165, 1.54) is 295 Å². The van der Waals surface area contributed by atoms with Crippen LogP contribution in [0.3, 0.4) is 0 Å². The van der Waals surface area contributed by atoms with Crippen molar-refractivity contribution in [1.82, 2.24) is 0 Å². The zero-order valence-corrected chi connectivity index (χ0v) is 59.8. The summed E-state index contributed by atoms with van der Waals surface area (Å²) in [4.78, 5) is 37.6. The molecule has 9 nitrogen and oxygen atoms in total. The topological polar surface area (TPSA) is 111 Å². The molecule has 9 heteroatoms. The molecule has 0 aromatic rings. The summed E-state index contributed by atoms with van der Waals surface area (Å²) in [6.45, 7) is 4.72. The molecule has 0 heterocycles. The van der Waals surface area contributed by atoms with Gasteiger partial charge in [-0.25, -0.2) is 0 Å². The van der Waals surface area contributed by atoms with Crippen molar-refractivity contribution in [1.29, 1.82) is 0 Å². The molecule has 0 saturated heterocycles. The number of carboxylic acid groups (broad SMARTS) is 1. The van der Waals surface area contributed by atoms with Crippen LogP contribution in [0.25, 0.3) is 0 Å². The minimum Gasteiger partial charge on any atom is -0.545 e. The van der Waals surface area contributed by atoms with Crippen LogP contribution in [0.5, 0.6) is 0 Å². The second-order valence-corrected chi connectivity index (χ2v) is 27.6. The Hall–Kier alpha value is -2.75. The number of allylic oxidation sites excluding steroid dienone is 8. The van der Waals surface area contributed by atoms with E-state index in [0.29, 0.717) is 17.4 Å². The lowest BCUT2D eigenvalue weighted by atomic mass is 10.0. The van der Waals surface area contributed by atoms with Gasteiger partial charge in [0.05, 0.1) is 40.3 Å². The number of ether oxygens (including phenoxy) is 4. The largest absolute Gasteiger partial charge is 0.545 e. The van der Waals surface area contributed by atoms with Gasteiger partial charge in [0.2, 0.25) is 0 Å². The van der Waals surface area contributed by atoms with Gasteiger partial charge in [-0.1, -0.05) is 371 Å². The van der Waals surface area contributed by atoms with E-state index in [9.17, 15) is 19.5 Å². The molecule has 2 atom stereocenters. The number of carbonyl (C=O) groups excluding carboxylic acids is 3. The first kappa shape index (κ1) is 86.2. The predicted octanol–water partition coefficient (Wildman–Crippen LogP) is 23.1. The van der Waals surface area contributed by atoms with Crippen LogP contribution in [0.15, 0.2) is 48.6 Å². The highest BCUT2D eigenvalue weighted by atomic mass is 16.7. The SMILES string of the molecule is CC/C=C\C/C=C\C/C=C\C/C=C\CCCCCCCCCCCCCCCCCCCCCCCCC(=O)OC(COC(=O)CCCCCCCCCCCCCCCCCCCCCCCCCCCCCCC)COC(OCC[N+](C)(C)C)C(=O)[O-]. The van der Waals surface area contributed by atoms with Crippen molar-refractivity contribution in [2.24, 2.45) is 0 Å². The summed E-state index contributed by atoms with van der Waals surface area (Å²) in [7, 11) is 5.95. The van der Waals surface area contributed by atoms with Gasteiger partial charge in [-0.05, 0) is 51.4 Å². The van der Waals surface area contributed by atoms with E-state index in [1.807, 2.05) is 21.1 Å². The van der Waals surface area contributed by atoms with E-state index in [0.717, 1.165) is 64.2 Å². The first-order valence-corrected chi connectivity index (χ1v) is 38.8. The molecule has 0 bridgehead atoms. The molecule has 0 aliphatic carbocycles. The van der Waals surface area contributed by atoms with E-state index < -0.39 is 24.3 Å². The van der Waals surface area contributed by atoms with Crippen LogP contribution in [-0.2, 0) is 33.3 Å². The van der Waals surface area contributed by atoms with Gasteiger partial charge in [-0.3, -0.25) is 9.59 Å². The number of rotatable bonds is 73. The third kappa shape index (κ3) is 72.5. The number of esters is 2. The van der Waals surface area contributed by atoms with Crippen molar-refractivity contribution < 1.29 is 42.9 Å². The molecule has 0 saturated carbocycles. The lowest BCUT2D eigenvalue weighted by molar-refractivity contribution is -0.870. The Balaban J connectivity index is 3.99. The van der Waals surface area contributed by atoms with E-state index in [2.05, 4.69) is 62.5 Å². The fourth-order valence-corrected chi connectivity index (χ4v) is 11.7. The molecule has 89 heavy (non-hydrogen) atoms. The van der Waals surface area contributed by atoms with E-state index in [-0.39, 0.29) is 32.2 Å². The van der Waals surface area contributed by atoms with E-state index in [4.69, 9.17) is 18.9 Å². The summed E-state index contributed by atoms with van der Waals surface area (Å²) in [6.07, 6.45) is 89.5. The Bertz CT molecular complexity index is 1600. The van der Waals surface area contributed by atoms with Crippen LogP contribution in [0.2, 0.25) is 0 Å². The second-order valence-electron chi connectivity index (χ2n) is 27.6. The molecule has 2 unspecified atom stereocenters. The highest BCUT2D eigenvalue weighted by Crippen LogP contribution is 2.20. The van der Waals surface area contributed by atoms with Crippen LogP contribution < -0.4 is 5.11 Å². The fourth-order valence-electron chi connectivity index (χ4n) is 11.7. The molecule has 0 aliphatic heterocycles. The van der Waals surface area contributed by atoms with Crippen molar-refractivity contribution in [3.8, 4) is 0 Å². The highest BCUT2D eigenvalue weighted by Gasteiger charge is 2.22. The van der Waals surface area contributed by atoms with Crippen LogP contribution in [0, 0.1) is 0 Å². The number of unbranched alkanes of at least 4 members (excludes halogenated alkanes) is 50. The Labute approximate surface area is 553 Å². The maximum Gasteiger partial charge on any atom is 0.306 e. The average Bonchev–Trinajstić information content (AvgIpc) is 3.64. The van der Waals surface area contributed by atoms with Gasteiger partial charge in [0.25, 0.3) is 0 Å². The van der Waals surface area contributed by atoms with Crippen LogP contribution in [0.4, 0.5) is 0 Å². The number of aliphatic carboxylic acids is 1. The zero-order chi connectivity index (χ0) is 64.7. The van der Waals surface area contributed by atoms with Crippen LogP contribution >= 0.6 is 0 Å². The van der Waals surface area contributed by atoms with Gasteiger partial charge in [-0.2, -0.15) is 0 Å². The number of hydrogen-bond acceptors (Lipinski definition) is 8. The fraction of sp³-hybridized carbons (Fsp3) is 0.863. The molecule has 0 N–H and O–H groups in total. The molecule has 0 spiro atoms. The second kappa shape index (κ2) is 71.1. The van der Waals surface area contributed by atoms with Gasteiger partial charge < -0.3 is 33.3 Å². The Morgan fingerprint density at radius 3 is 0.955 bits per heavy atom. The number of carbonyl (C=O) groups is 3. The number of quaternary nitrogens is 1. The highest BCUT2D eigenvalue weighted by molar-refractivity contribution is 5.70. The van der Waals surface area contributed by atoms with E-state index in [1.54, 1.807) is 0 Å². The number of hydrogen-bond donors (Lipinski definition) is 0. The van der Waals surface area contributed by atoms with Gasteiger partial charge >= 0.3 is 11.9 Å². The van der Waals surface area contributed by atoms with Crippen molar-refractivity contribution in [3.63, 3.8) is 0 Å². The molecule has 0 radical (unpaired) electrons. The Morgan fingerprint density at radius 2 is 0.640 bits per heavy atom. The van der Waals surface area contributed by atoms with Gasteiger partial charge in [0.15, 0.2) is 12.4 Å². The van der Waals surface area contributed by atoms with E-state index >= 15 is 0 Å². The molecule has 0 aliphatic rings. The lowest BCUT2D eigenvalue weighted by Gasteiger charge is -2.26. The Morgan fingerprint density at radius 1 is 0.348 bits per heavy atom. The summed E-state index contributed by atoms with van der Waals surface area (Å²) in [6, 6.07) is 0. The molecular formula is C80H149NO8. The third-order valence-electron chi connectivity index (χ3n) is 17.6. The smallest absolute Gasteiger partial charge is 0.306 e. The van der Waals surface area contributed by atoms with Crippen molar-refractivity contribution >= 4 is 17.9 Å². The lowest BCUT2D eigenvalue weighted by Crippen LogP contribution is -2.44. The molecule has 0 amide bonds. The standard InChI is InChI=1S/C80H149NO8/c1-6-8-10-12-14-16-18-20-22-24-26-28-30-32-34-36-37-38-39-40-41-43-45-47-49-51-53-55-57-59-61-63-65-67-69-71-78(83)89-76(75-88-80(79(84)85)86-73-72-81(3,4)5)74-87-77(82)70-68-66-64-62-60-58-56-54-52-50-48-46-44-42-35-33-31-29-27-25-23-21-19-17-15-13-11-9-7-2/h8,10,14,16,20,22,26,28,76,80H,6-7,9,11-13,15,17-19,21,23-25,27,29-75H2,1-5H3/b10-8-,16-14-,22-20-,28-26-. The summed E-state index contributed by atoms with van der Waals surface area (Å²) in [5.41, 5.74) is 0. The molecule has 0 fully saturated rings. The monoisotopic (exact) mass is 1250 g/mol. The quantitative estimate of drug-likeness (QED) is 0.0195.